The highest BCUT2D eigenvalue weighted by Crippen LogP contribution is 2.55. The Hall–Kier alpha value is -2.41. The lowest BCUT2D eigenvalue weighted by atomic mass is 10.0. The lowest BCUT2D eigenvalue weighted by Crippen LogP contribution is -2.61. The molecule has 7 nitrogen and oxygen atoms in total. The Morgan fingerprint density at radius 3 is 1.17 bits per heavy atom. The van der Waals surface area contributed by atoms with Crippen molar-refractivity contribution in [3.63, 3.8) is 0 Å². The summed E-state index contributed by atoms with van der Waals surface area (Å²) in [6.45, 7) is -4.53. The number of rotatable bonds is 14. The molecule has 0 fully saturated rings. The van der Waals surface area contributed by atoms with Gasteiger partial charge in [-0.3, -0.25) is 14.1 Å². The summed E-state index contributed by atoms with van der Waals surface area (Å²) in [6.07, 6.45) is -22.3. The van der Waals surface area contributed by atoms with Gasteiger partial charge < -0.3 is 9.47 Å². The van der Waals surface area contributed by atoms with Gasteiger partial charge in [0.1, 0.15) is 0 Å². The second kappa shape index (κ2) is 11.9. The molecule has 0 heterocycles. The van der Waals surface area contributed by atoms with E-state index < -0.39 is 108 Å². The van der Waals surface area contributed by atoms with Gasteiger partial charge in [-0.05, 0) is 0 Å². The van der Waals surface area contributed by atoms with Crippen molar-refractivity contribution in [1.82, 2.24) is 0 Å². The normalized spacial score (nSPS) is 15.8. The molecule has 0 saturated heterocycles. The van der Waals surface area contributed by atoms with Crippen molar-refractivity contribution in [3.05, 3.63) is 0 Å². The van der Waals surface area contributed by atoms with Gasteiger partial charge in [-0.1, -0.05) is 0 Å². The summed E-state index contributed by atoms with van der Waals surface area (Å²) in [5.41, 5.74) is 0. The molecule has 1 unspecified atom stereocenters. The van der Waals surface area contributed by atoms with Gasteiger partial charge in [0.15, 0.2) is 5.25 Å². The fourth-order valence-electron chi connectivity index (χ4n) is 2.32. The predicted octanol–water partition coefficient (Wildman–Crippen LogP) is 5.44. The zero-order chi connectivity index (χ0) is 34.2. The van der Waals surface area contributed by atoms with Crippen LogP contribution in [0.4, 0.5) is 79.0 Å². The first-order chi connectivity index (χ1) is 18.1. The molecular weight excluding hydrogens is 678 g/mol. The van der Waals surface area contributed by atoms with E-state index in [1.807, 2.05) is 0 Å². The maximum absolute atomic E-state index is 13.4. The smallest absolute Gasteiger partial charge is 0.460 e. The number of hydrogen-bond acceptors (Lipinski definition) is 6. The first-order valence-electron chi connectivity index (χ1n) is 9.80. The highest BCUT2D eigenvalue weighted by Gasteiger charge is 2.82. The molecule has 250 valence electrons. The molecule has 0 bridgehead atoms. The summed E-state index contributed by atoms with van der Waals surface area (Å²) in [7, 11) is -5.98. The van der Waals surface area contributed by atoms with Crippen LogP contribution in [-0.4, -0.2) is 91.3 Å². The Balaban J connectivity index is 5.44. The molecule has 0 aliphatic heterocycles. The van der Waals surface area contributed by atoms with Crippen LogP contribution in [0.25, 0.3) is 0 Å². The van der Waals surface area contributed by atoms with E-state index in [9.17, 15) is 97.0 Å². The van der Waals surface area contributed by atoms with Crippen molar-refractivity contribution in [2.45, 2.75) is 72.4 Å². The summed E-state index contributed by atoms with van der Waals surface area (Å²) in [5, 5.41) is -3.40. The van der Waals surface area contributed by atoms with Crippen LogP contribution in [0, 0.1) is 0 Å². The van der Waals surface area contributed by atoms with E-state index in [4.69, 9.17) is 4.55 Å². The van der Waals surface area contributed by atoms with Crippen molar-refractivity contribution < 1.29 is 111 Å². The number of esters is 2. The Morgan fingerprint density at radius 2 is 0.881 bits per heavy atom. The number of carbonyl (C=O) groups excluding carboxylic acids is 2. The Bertz CT molecular complexity index is 1080. The summed E-state index contributed by atoms with van der Waals surface area (Å²) in [6, 6.07) is 0. The van der Waals surface area contributed by atoms with Gasteiger partial charge in [-0.15, -0.1) is 0 Å². The van der Waals surface area contributed by atoms with Gasteiger partial charge >= 0.3 is 59.8 Å². The lowest BCUT2D eigenvalue weighted by Gasteiger charge is -2.33. The molecule has 0 aromatic carbocycles. The standard InChI is InChI=1S/C16H12F18O7S/c17-9(18,11(21,22)13(25,26)15(29,30)31)1-3-40-7(35)5-6(42(37,38)39)8(36)41-4-2-10(19,20)12(23,24)14(27,28)16(32,33)34/h6H,1-5H2,(H,37,38,39). The zero-order valence-corrected chi connectivity index (χ0v) is 20.0. The summed E-state index contributed by atoms with van der Waals surface area (Å²) < 4.78 is 268. The third kappa shape index (κ3) is 7.94. The Morgan fingerprint density at radius 1 is 0.571 bits per heavy atom. The minimum atomic E-state index is -7.36. The van der Waals surface area contributed by atoms with Crippen molar-refractivity contribution in [2.24, 2.45) is 0 Å². The van der Waals surface area contributed by atoms with E-state index >= 15 is 0 Å². The maximum atomic E-state index is 13.4. The molecule has 42 heavy (non-hydrogen) atoms. The minimum Gasteiger partial charge on any atom is -0.465 e. The summed E-state index contributed by atoms with van der Waals surface area (Å²) >= 11 is 0. The third-order valence-electron chi connectivity index (χ3n) is 4.73. The fraction of sp³-hybridized carbons (Fsp3) is 0.875. The average Bonchev–Trinajstić information content (AvgIpc) is 2.74. The molecule has 0 aliphatic rings. The Kier molecular flexibility index (Phi) is 11.3. The van der Waals surface area contributed by atoms with Gasteiger partial charge in [0.2, 0.25) is 0 Å². The predicted molar refractivity (Wildman–Crippen MR) is 92.9 cm³/mol. The molecule has 1 N–H and O–H groups in total. The molecule has 0 rings (SSSR count). The van der Waals surface area contributed by atoms with Crippen molar-refractivity contribution in [2.75, 3.05) is 13.2 Å². The molecule has 0 aromatic rings. The molecule has 26 heteroatoms. The summed E-state index contributed by atoms with van der Waals surface area (Å²) in [5.74, 6) is -46.7. The highest BCUT2D eigenvalue weighted by atomic mass is 32.2. The van der Waals surface area contributed by atoms with E-state index in [0.717, 1.165) is 0 Å². The van der Waals surface area contributed by atoms with E-state index in [0.29, 0.717) is 0 Å². The second-order valence-corrected chi connectivity index (χ2v) is 9.40. The zero-order valence-electron chi connectivity index (χ0n) is 19.2. The van der Waals surface area contributed by atoms with Gasteiger partial charge in [0.25, 0.3) is 10.1 Å². The monoisotopic (exact) mass is 690 g/mol. The molecule has 1 atom stereocenters. The summed E-state index contributed by atoms with van der Waals surface area (Å²) in [4.78, 5) is 23.1. The van der Waals surface area contributed by atoms with Crippen LogP contribution in [0.2, 0.25) is 0 Å². The number of hydrogen-bond donors (Lipinski definition) is 1. The lowest BCUT2D eigenvalue weighted by molar-refractivity contribution is -0.397. The minimum absolute atomic E-state index is 2.17. The first kappa shape index (κ1) is 39.6. The molecule has 0 radical (unpaired) electrons. The fourth-order valence-corrected chi connectivity index (χ4v) is 2.97. The van der Waals surface area contributed by atoms with Gasteiger partial charge in [-0.2, -0.15) is 87.4 Å². The maximum Gasteiger partial charge on any atom is 0.460 e. The van der Waals surface area contributed by atoms with E-state index in [-0.39, 0.29) is 0 Å². The van der Waals surface area contributed by atoms with E-state index in [1.165, 1.54) is 0 Å². The van der Waals surface area contributed by atoms with Crippen molar-refractivity contribution >= 4 is 22.1 Å². The molecule has 0 saturated carbocycles. The molecular formula is C16H12F18O7S. The quantitative estimate of drug-likeness (QED) is 0.147. The van der Waals surface area contributed by atoms with Crippen LogP contribution < -0.4 is 0 Å². The van der Waals surface area contributed by atoms with E-state index in [2.05, 4.69) is 9.47 Å². The largest absolute Gasteiger partial charge is 0.465 e. The highest BCUT2D eigenvalue weighted by molar-refractivity contribution is 7.87. The average molecular weight is 690 g/mol. The SMILES string of the molecule is O=C(CC(C(=O)OCCC(F)(F)C(F)(F)C(F)(F)C(F)(F)F)S(=O)(=O)O)OCCC(F)(F)C(F)(F)C(F)(F)C(F)(F)F. The van der Waals surface area contributed by atoms with Crippen LogP contribution in [0.15, 0.2) is 0 Å². The molecule has 0 spiro atoms. The van der Waals surface area contributed by atoms with Gasteiger partial charge in [0, 0.05) is 0 Å². The van der Waals surface area contributed by atoms with E-state index in [1.54, 1.807) is 0 Å². The topological polar surface area (TPSA) is 107 Å². The van der Waals surface area contributed by atoms with Crippen LogP contribution in [0.1, 0.15) is 19.3 Å². The Labute approximate surface area is 219 Å². The van der Waals surface area contributed by atoms with Crippen LogP contribution in [0.5, 0.6) is 0 Å². The van der Waals surface area contributed by atoms with Crippen LogP contribution in [0.3, 0.4) is 0 Å². The molecule has 0 aromatic heterocycles. The first-order valence-corrected chi connectivity index (χ1v) is 11.3. The van der Waals surface area contributed by atoms with Crippen molar-refractivity contribution in [3.8, 4) is 0 Å². The molecule has 0 amide bonds. The number of carbonyl (C=O) groups is 2. The third-order valence-corrected chi connectivity index (χ3v) is 5.81. The second-order valence-electron chi connectivity index (χ2n) is 7.80. The molecule has 0 aliphatic carbocycles. The van der Waals surface area contributed by atoms with Crippen LogP contribution in [-0.2, 0) is 29.2 Å². The van der Waals surface area contributed by atoms with Crippen molar-refractivity contribution in [1.29, 1.82) is 0 Å². The number of alkyl halides is 18. The van der Waals surface area contributed by atoms with Gasteiger partial charge in [0.05, 0.1) is 32.5 Å². The number of ether oxygens (including phenoxy) is 2. The van der Waals surface area contributed by atoms with Gasteiger partial charge in [-0.25, -0.2) is 0 Å². The number of halogens is 18. The van der Waals surface area contributed by atoms with Crippen LogP contribution >= 0.6 is 0 Å².